The van der Waals surface area contributed by atoms with Gasteiger partial charge in [0.2, 0.25) is 5.91 Å². The number of thioether (sulfide) groups is 1. The van der Waals surface area contributed by atoms with Crippen LogP contribution in [0.5, 0.6) is 5.75 Å². The van der Waals surface area contributed by atoms with Crippen molar-refractivity contribution in [2.45, 2.75) is 52.4 Å². The van der Waals surface area contributed by atoms with Crippen molar-refractivity contribution in [3.05, 3.63) is 63.9 Å². The largest absolute Gasteiger partial charge is 0.482 e. The molecule has 0 spiro atoms. The van der Waals surface area contributed by atoms with E-state index in [1.54, 1.807) is 6.07 Å². The highest BCUT2D eigenvalue weighted by Gasteiger charge is 2.20. The maximum atomic E-state index is 12.4. The van der Waals surface area contributed by atoms with Gasteiger partial charge in [-0.2, -0.15) is 0 Å². The van der Waals surface area contributed by atoms with Crippen LogP contribution in [0.2, 0.25) is 5.02 Å². The lowest BCUT2D eigenvalue weighted by Crippen LogP contribution is -2.16. The van der Waals surface area contributed by atoms with Crippen LogP contribution in [-0.4, -0.2) is 26.4 Å². The first-order valence-electron chi connectivity index (χ1n) is 10.1. The van der Waals surface area contributed by atoms with Crippen LogP contribution in [0, 0.1) is 20.8 Å². The Bertz CT molecular complexity index is 1080. The molecule has 164 valence electrons. The van der Waals surface area contributed by atoms with Crippen LogP contribution in [0.1, 0.15) is 42.5 Å². The number of hydrogen-bond donors (Lipinski definition) is 1. The number of carbonyl (C=O) groups excluding carboxylic acids is 1. The molecule has 0 saturated carbocycles. The Balaban J connectivity index is 1.66. The predicted molar refractivity (Wildman–Crippen MR) is 126 cm³/mol. The summed E-state index contributed by atoms with van der Waals surface area (Å²) in [6.45, 7) is 10.6. The second-order valence-corrected chi connectivity index (χ2v) is 8.71. The highest BCUT2D eigenvalue weighted by atomic mass is 35.5. The van der Waals surface area contributed by atoms with Crippen LogP contribution in [0.25, 0.3) is 0 Å². The smallest absolute Gasteiger partial charge is 0.234 e. The molecule has 6 nitrogen and oxygen atoms in total. The molecule has 0 aliphatic rings. The number of benzene rings is 2. The molecule has 0 saturated heterocycles. The minimum Gasteiger partial charge on any atom is -0.482 e. The molecule has 0 aliphatic carbocycles. The molecule has 1 amide bonds. The average molecular weight is 459 g/mol. The lowest BCUT2D eigenvalue weighted by molar-refractivity contribution is -0.113. The van der Waals surface area contributed by atoms with E-state index >= 15 is 0 Å². The van der Waals surface area contributed by atoms with Crippen molar-refractivity contribution in [1.82, 2.24) is 14.8 Å². The first-order valence-corrected chi connectivity index (χ1v) is 11.5. The second-order valence-electron chi connectivity index (χ2n) is 7.36. The number of anilines is 1. The normalized spacial score (nSPS) is 11.9. The molecular formula is C23H27ClN4O2S. The van der Waals surface area contributed by atoms with Crippen molar-refractivity contribution in [2.75, 3.05) is 11.1 Å². The first kappa shape index (κ1) is 23.2. The number of nitrogens with one attached hydrogen (secondary N) is 1. The second kappa shape index (κ2) is 10.2. The van der Waals surface area contributed by atoms with Crippen LogP contribution >= 0.6 is 23.4 Å². The number of rotatable bonds is 8. The number of hydrogen-bond acceptors (Lipinski definition) is 5. The fourth-order valence-corrected chi connectivity index (χ4v) is 4.22. The summed E-state index contributed by atoms with van der Waals surface area (Å²) in [6.07, 6.45) is -0.272. The van der Waals surface area contributed by atoms with Crippen LogP contribution < -0.4 is 10.1 Å². The highest BCUT2D eigenvalue weighted by Crippen LogP contribution is 2.28. The van der Waals surface area contributed by atoms with E-state index in [0.29, 0.717) is 22.4 Å². The Labute approximate surface area is 192 Å². The van der Waals surface area contributed by atoms with Gasteiger partial charge in [-0.25, -0.2) is 0 Å². The molecule has 3 aromatic rings. The summed E-state index contributed by atoms with van der Waals surface area (Å²) >= 11 is 7.48. The number of nitrogens with zero attached hydrogens (tertiary/aromatic N) is 3. The van der Waals surface area contributed by atoms with Gasteiger partial charge in [0.15, 0.2) is 17.1 Å². The summed E-state index contributed by atoms with van der Waals surface area (Å²) < 4.78 is 8.13. The minimum atomic E-state index is -0.272. The maximum absolute atomic E-state index is 12.4. The summed E-state index contributed by atoms with van der Waals surface area (Å²) in [6, 6.07) is 11.5. The number of aryl methyl sites for hydroxylation is 2. The fourth-order valence-electron chi connectivity index (χ4n) is 3.24. The Morgan fingerprint density at radius 3 is 2.71 bits per heavy atom. The fraction of sp³-hybridized carbons (Fsp3) is 0.348. The van der Waals surface area contributed by atoms with Crippen LogP contribution in [0.3, 0.4) is 0 Å². The molecular weight excluding hydrogens is 432 g/mol. The molecule has 0 bridgehead atoms. The molecule has 1 atom stereocenters. The van der Waals surface area contributed by atoms with Gasteiger partial charge in [-0.15, -0.1) is 10.2 Å². The van der Waals surface area contributed by atoms with E-state index in [1.807, 2.05) is 56.5 Å². The molecule has 0 radical (unpaired) electrons. The topological polar surface area (TPSA) is 69.0 Å². The van der Waals surface area contributed by atoms with Gasteiger partial charge in [0, 0.05) is 17.3 Å². The predicted octanol–water partition coefficient (Wildman–Crippen LogP) is 5.75. The highest BCUT2D eigenvalue weighted by molar-refractivity contribution is 7.99. The lowest BCUT2D eigenvalue weighted by Gasteiger charge is -2.17. The van der Waals surface area contributed by atoms with Crippen LogP contribution in [-0.2, 0) is 11.3 Å². The number of ether oxygens (including phenoxy) is 1. The van der Waals surface area contributed by atoms with Gasteiger partial charge in [-0.05, 0) is 63.9 Å². The van der Waals surface area contributed by atoms with E-state index in [2.05, 4.69) is 28.5 Å². The van der Waals surface area contributed by atoms with Crippen molar-refractivity contribution >= 4 is 35.0 Å². The van der Waals surface area contributed by atoms with Gasteiger partial charge in [0.05, 0.1) is 5.75 Å². The first-order chi connectivity index (χ1) is 14.8. The van der Waals surface area contributed by atoms with Gasteiger partial charge in [-0.3, -0.25) is 4.79 Å². The molecule has 1 N–H and O–H groups in total. The summed E-state index contributed by atoms with van der Waals surface area (Å²) in [5.74, 6) is 1.66. The zero-order valence-corrected chi connectivity index (χ0v) is 20.0. The quantitative estimate of drug-likeness (QED) is 0.435. The Hall–Kier alpha value is -2.51. The van der Waals surface area contributed by atoms with Crippen molar-refractivity contribution in [3.8, 4) is 5.75 Å². The SMILES string of the molecule is CCn1c(SCC(=O)Nc2cccc(Cl)c2C)nnc1C(C)Oc1ccc(C)cc1C. The third kappa shape index (κ3) is 5.60. The molecule has 3 rings (SSSR count). The zero-order chi connectivity index (χ0) is 22.5. The standard InChI is InChI=1S/C23H27ClN4O2S/c1-6-28-22(17(5)30-20-11-10-14(2)12-15(20)3)26-27-23(28)31-13-21(29)25-19-9-7-8-18(24)16(19)4/h7-12,17H,6,13H2,1-5H3,(H,25,29). The van der Waals surface area contributed by atoms with Gasteiger partial charge >= 0.3 is 0 Å². The molecule has 8 heteroatoms. The minimum absolute atomic E-state index is 0.123. The molecule has 2 aromatic carbocycles. The Kier molecular flexibility index (Phi) is 7.62. The van der Waals surface area contributed by atoms with E-state index in [-0.39, 0.29) is 17.8 Å². The number of carbonyl (C=O) groups is 1. The molecule has 31 heavy (non-hydrogen) atoms. The summed E-state index contributed by atoms with van der Waals surface area (Å²) in [7, 11) is 0. The number of halogens is 1. The van der Waals surface area contributed by atoms with Gasteiger partial charge in [0.25, 0.3) is 0 Å². The molecule has 0 fully saturated rings. The maximum Gasteiger partial charge on any atom is 0.234 e. The van der Waals surface area contributed by atoms with E-state index in [9.17, 15) is 4.79 Å². The van der Waals surface area contributed by atoms with E-state index in [0.717, 1.165) is 22.7 Å². The van der Waals surface area contributed by atoms with Crippen molar-refractivity contribution < 1.29 is 9.53 Å². The average Bonchev–Trinajstić information content (AvgIpc) is 3.15. The summed E-state index contributed by atoms with van der Waals surface area (Å²) in [5.41, 5.74) is 3.83. The van der Waals surface area contributed by atoms with E-state index in [4.69, 9.17) is 16.3 Å². The molecule has 0 aliphatic heterocycles. The van der Waals surface area contributed by atoms with Crippen LogP contribution in [0.15, 0.2) is 41.6 Å². The Morgan fingerprint density at radius 2 is 2.00 bits per heavy atom. The number of aromatic nitrogens is 3. The summed E-state index contributed by atoms with van der Waals surface area (Å²) in [5, 5.41) is 12.8. The third-order valence-corrected chi connectivity index (χ3v) is 6.31. The van der Waals surface area contributed by atoms with E-state index < -0.39 is 0 Å². The third-order valence-electron chi connectivity index (χ3n) is 4.93. The van der Waals surface area contributed by atoms with E-state index in [1.165, 1.54) is 17.3 Å². The molecule has 1 aromatic heterocycles. The Morgan fingerprint density at radius 1 is 1.23 bits per heavy atom. The van der Waals surface area contributed by atoms with Crippen molar-refractivity contribution in [1.29, 1.82) is 0 Å². The van der Waals surface area contributed by atoms with Crippen LogP contribution in [0.4, 0.5) is 5.69 Å². The van der Waals surface area contributed by atoms with Gasteiger partial charge in [-0.1, -0.05) is 47.1 Å². The molecule has 1 heterocycles. The van der Waals surface area contributed by atoms with Crippen molar-refractivity contribution in [3.63, 3.8) is 0 Å². The zero-order valence-electron chi connectivity index (χ0n) is 18.4. The summed E-state index contributed by atoms with van der Waals surface area (Å²) in [4.78, 5) is 12.4. The number of amides is 1. The van der Waals surface area contributed by atoms with Gasteiger partial charge in [0.1, 0.15) is 5.75 Å². The monoisotopic (exact) mass is 458 g/mol. The van der Waals surface area contributed by atoms with Gasteiger partial charge < -0.3 is 14.6 Å². The van der Waals surface area contributed by atoms with Crippen molar-refractivity contribution in [2.24, 2.45) is 0 Å². The molecule has 1 unspecified atom stereocenters. The lowest BCUT2D eigenvalue weighted by atomic mass is 10.1.